The molecule has 1 fully saturated rings. The first-order valence-corrected chi connectivity index (χ1v) is 10.3. The third-order valence-corrected chi connectivity index (χ3v) is 6.58. The molecule has 2 aromatic carbocycles. The molecule has 0 saturated carbocycles. The highest BCUT2D eigenvalue weighted by Gasteiger charge is 2.44. The fraction of sp³-hybridized carbons (Fsp3) is 0.333. The number of piperidine rings is 1. The third-order valence-electron chi connectivity index (χ3n) is 6.58. The Kier molecular flexibility index (Phi) is 4.47. The van der Waals surface area contributed by atoms with Gasteiger partial charge in [0.25, 0.3) is 0 Å². The largest absolute Gasteiger partial charge is 0.368 e. The zero-order chi connectivity index (χ0) is 19.8. The molecule has 29 heavy (non-hydrogen) atoms. The fourth-order valence-corrected chi connectivity index (χ4v) is 5.17. The monoisotopic (exact) mass is 386 g/mol. The lowest BCUT2D eigenvalue weighted by molar-refractivity contribution is -0.116. The Hall–Kier alpha value is -2.92. The molecule has 1 saturated heterocycles. The number of hydrogen-bond donors (Lipinski definition) is 1. The first-order chi connectivity index (χ1) is 14.1. The lowest BCUT2D eigenvalue weighted by atomic mass is 9.74. The minimum atomic E-state index is -0.266. The van der Waals surface area contributed by atoms with Crippen LogP contribution in [0.2, 0.25) is 0 Å². The number of amides is 1. The Labute approximate surface area is 171 Å². The van der Waals surface area contributed by atoms with E-state index in [-0.39, 0.29) is 11.3 Å². The molecule has 0 radical (unpaired) electrons. The zero-order valence-electron chi connectivity index (χ0n) is 16.6. The number of carbonyl (C=O) groups is 1. The van der Waals surface area contributed by atoms with Crippen LogP contribution in [0.1, 0.15) is 24.0 Å². The third kappa shape index (κ3) is 3.25. The Balaban J connectivity index is 1.34. The van der Waals surface area contributed by atoms with E-state index in [9.17, 15) is 4.79 Å². The summed E-state index contributed by atoms with van der Waals surface area (Å²) in [5.74, 6) is -0.266. The van der Waals surface area contributed by atoms with Crippen LogP contribution in [0.4, 0.5) is 5.69 Å². The van der Waals surface area contributed by atoms with Gasteiger partial charge in [0.1, 0.15) is 0 Å². The molecule has 0 atom stereocenters. The SMILES string of the molecule is NC(=O)CN1CC2(CCN(Cc3cccc4cccnc34)CC2)c2ccccc21. The van der Waals surface area contributed by atoms with E-state index in [0.717, 1.165) is 44.5 Å². The van der Waals surface area contributed by atoms with Gasteiger partial charge in [-0.15, -0.1) is 0 Å². The van der Waals surface area contributed by atoms with Gasteiger partial charge >= 0.3 is 0 Å². The van der Waals surface area contributed by atoms with Gasteiger partial charge < -0.3 is 10.6 Å². The normalized spacial score (nSPS) is 18.3. The van der Waals surface area contributed by atoms with Crippen molar-refractivity contribution in [3.8, 4) is 0 Å². The van der Waals surface area contributed by atoms with Crippen molar-refractivity contribution in [2.75, 3.05) is 31.1 Å². The van der Waals surface area contributed by atoms with Crippen LogP contribution >= 0.6 is 0 Å². The number of hydrogen-bond acceptors (Lipinski definition) is 4. The number of para-hydroxylation sites is 2. The van der Waals surface area contributed by atoms with Gasteiger partial charge in [0.15, 0.2) is 0 Å². The van der Waals surface area contributed by atoms with Crippen molar-refractivity contribution < 1.29 is 4.79 Å². The quantitative estimate of drug-likeness (QED) is 0.749. The van der Waals surface area contributed by atoms with Gasteiger partial charge in [0.2, 0.25) is 5.91 Å². The first kappa shape index (κ1) is 18.1. The Bertz CT molecular complexity index is 1050. The van der Waals surface area contributed by atoms with E-state index in [4.69, 9.17) is 5.73 Å². The van der Waals surface area contributed by atoms with Crippen molar-refractivity contribution in [1.82, 2.24) is 9.88 Å². The standard InChI is InChI=1S/C24H26N4O/c25-22(29)16-28-17-24(20-8-1-2-9-21(20)28)10-13-27(14-11-24)15-19-6-3-5-18-7-4-12-26-23(18)19/h1-9,12H,10-11,13-17H2,(H2,25,29). The second-order valence-electron chi connectivity index (χ2n) is 8.39. The molecular formula is C24H26N4O. The van der Waals surface area contributed by atoms with Crippen molar-refractivity contribution in [2.45, 2.75) is 24.8 Å². The number of fused-ring (bicyclic) bond motifs is 3. The number of benzene rings is 2. The second-order valence-corrected chi connectivity index (χ2v) is 8.39. The molecule has 2 N–H and O–H groups in total. The van der Waals surface area contributed by atoms with Crippen LogP contribution < -0.4 is 10.6 Å². The minimum Gasteiger partial charge on any atom is -0.368 e. The predicted molar refractivity (Wildman–Crippen MR) is 116 cm³/mol. The van der Waals surface area contributed by atoms with E-state index in [2.05, 4.69) is 63.3 Å². The number of nitrogens with zero attached hydrogens (tertiary/aromatic N) is 3. The maximum atomic E-state index is 11.6. The van der Waals surface area contributed by atoms with Crippen LogP contribution in [0.3, 0.4) is 0 Å². The molecule has 3 heterocycles. The second kappa shape index (κ2) is 7.16. The van der Waals surface area contributed by atoms with Crippen molar-refractivity contribution in [3.63, 3.8) is 0 Å². The summed E-state index contributed by atoms with van der Waals surface area (Å²) in [5, 5.41) is 1.20. The summed E-state index contributed by atoms with van der Waals surface area (Å²) in [5.41, 5.74) is 10.6. The first-order valence-electron chi connectivity index (χ1n) is 10.3. The van der Waals surface area contributed by atoms with Crippen molar-refractivity contribution in [3.05, 3.63) is 71.9 Å². The maximum Gasteiger partial charge on any atom is 0.236 e. The van der Waals surface area contributed by atoms with E-state index < -0.39 is 0 Å². The molecule has 2 aliphatic heterocycles. The zero-order valence-corrected chi connectivity index (χ0v) is 16.6. The van der Waals surface area contributed by atoms with Crippen LogP contribution in [0.15, 0.2) is 60.8 Å². The number of primary amides is 1. The van der Waals surface area contributed by atoms with E-state index in [1.54, 1.807) is 0 Å². The number of pyridine rings is 1. The van der Waals surface area contributed by atoms with Gasteiger partial charge in [0.05, 0.1) is 12.1 Å². The Morgan fingerprint density at radius 3 is 2.66 bits per heavy atom. The lowest BCUT2D eigenvalue weighted by Crippen LogP contribution is -2.45. The topological polar surface area (TPSA) is 62.5 Å². The predicted octanol–water partition coefficient (Wildman–Crippen LogP) is 3.07. The van der Waals surface area contributed by atoms with Crippen LogP contribution in [0.5, 0.6) is 0 Å². The number of anilines is 1. The maximum absolute atomic E-state index is 11.6. The summed E-state index contributed by atoms with van der Waals surface area (Å²) in [6.07, 6.45) is 4.06. The summed E-state index contributed by atoms with van der Waals surface area (Å²) in [6.45, 7) is 4.20. The molecule has 148 valence electrons. The number of carbonyl (C=O) groups excluding carboxylic acids is 1. The summed E-state index contributed by atoms with van der Waals surface area (Å²) >= 11 is 0. The van der Waals surface area contributed by atoms with E-state index in [1.807, 2.05) is 12.3 Å². The molecule has 1 spiro atoms. The number of nitrogens with two attached hydrogens (primary N) is 1. The summed E-state index contributed by atoms with van der Waals surface area (Å²) in [4.78, 5) is 20.9. The highest BCUT2D eigenvalue weighted by atomic mass is 16.1. The molecule has 5 nitrogen and oxygen atoms in total. The molecule has 0 unspecified atom stereocenters. The molecule has 0 bridgehead atoms. The molecule has 2 aliphatic rings. The summed E-state index contributed by atoms with van der Waals surface area (Å²) in [7, 11) is 0. The van der Waals surface area contributed by atoms with E-state index in [1.165, 1.54) is 22.2 Å². The number of likely N-dealkylation sites (tertiary alicyclic amines) is 1. The fourth-order valence-electron chi connectivity index (χ4n) is 5.17. The highest BCUT2D eigenvalue weighted by Crippen LogP contribution is 2.46. The molecule has 1 amide bonds. The Morgan fingerprint density at radius 1 is 1.03 bits per heavy atom. The van der Waals surface area contributed by atoms with Gasteiger partial charge in [-0.1, -0.05) is 42.5 Å². The van der Waals surface area contributed by atoms with Gasteiger partial charge in [-0.05, 0) is 49.2 Å². The smallest absolute Gasteiger partial charge is 0.236 e. The van der Waals surface area contributed by atoms with Crippen LogP contribution in [-0.4, -0.2) is 42.0 Å². The van der Waals surface area contributed by atoms with E-state index in [0.29, 0.717) is 6.54 Å². The average molecular weight is 386 g/mol. The Morgan fingerprint density at radius 2 is 1.83 bits per heavy atom. The molecule has 3 aromatic rings. The molecule has 5 rings (SSSR count). The average Bonchev–Trinajstić information content (AvgIpc) is 3.03. The van der Waals surface area contributed by atoms with Crippen LogP contribution in [-0.2, 0) is 16.8 Å². The van der Waals surface area contributed by atoms with Gasteiger partial charge in [-0.2, -0.15) is 0 Å². The summed E-state index contributed by atoms with van der Waals surface area (Å²) in [6, 6.07) is 19.1. The lowest BCUT2D eigenvalue weighted by Gasteiger charge is -2.40. The van der Waals surface area contributed by atoms with Gasteiger partial charge in [0, 0.05) is 35.8 Å². The van der Waals surface area contributed by atoms with Crippen molar-refractivity contribution in [1.29, 1.82) is 0 Å². The van der Waals surface area contributed by atoms with Crippen LogP contribution in [0.25, 0.3) is 10.9 Å². The number of rotatable bonds is 4. The van der Waals surface area contributed by atoms with Gasteiger partial charge in [-0.25, -0.2) is 0 Å². The molecular weight excluding hydrogens is 360 g/mol. The number of aromatic nitrogens is 1. The van der Waals surface area contributed by atoms with Crippen molar-refractivity contribution >= 4 is 22.5 Å². The molecule has 0 aliphatic carbocycles. The van der Waals surface area contributed by atoms with E-state index >= 15 is 0 Å². The van der Waals surface area contributed by atoms with Gasteiger partial charge in [-0.3, -0.25) is 14.7 Å². The molecule has 1 aromatic heterocycles. The minimum absolute atomic E-state index is 0.125. The highest BCUT2D eigenvalue weighted by molar-refractivity contribution is 5.82. The molecule has 5 heteroatoms. The summed E-state index contributed by atoms with van der Waals surface area (Å²) < 4.78 is 0. The van der Waals surface area contributed by atoms with Crippen molar-refractivity contribution in [2.24, 2.45) is 5.73 Å². The van der Waals surface area contributed by atoms with Crippen LogP contribution in [0, 0.1) is 0 Å².